The topological polar surface area (TPSA) is 93.1 Å². The average Bonchev–Trinajstić information content (AvgIpc) is 2.34. The molecule has 0 aromatic rings. The lowest BCUT2D eigenvalue weighted by molar-refractivity contribution is -0.149. The molecule has 1 rings (SSSR count). The summed E-state index contributed by atoms with van der Waals surface area (Å²) in [4.78, 5) is 23.0. The van der Waals surface area contributed by atoms with Gasteiger partial charge in [-0.3, -0.25) is 4.79 Å². The van der Waals surface area contributed by atoms with Crippen molar-refractivity contribution in [2.24, 2.45) is 0 Å². The normalized spacial score (nSPS) is 34.0. The Morgan fingerprint density at radius 2 is 1.80 bits per heavy atom. The molecule has 0 spiro atoms. The fourth-order valence-electron chi connectivity index (χ4n) is 1.93. The highest BCUT2D eigenvalue weighted by Crippen LogP contribution is 2.13. The van der Waals surface area contributed by atoms with E-state index in [1.165, 1.54) is 6.08 Å². The Kier molecular flexibility index (Phi) is 6.67. The lowest BCUT2D eigenvalue weighted by Gasteiger charge is -2.21. The molecule has 114 valence electrons. The van der Waals surface area contributed by atoms with Gasteiger partial charge in [-0.2, -0.15) is 0 Å². The highest BCUT2D eigenvalue weighted by molar-refractivity contribution is 5.82. The second-order valence-corrected chi connectivity index (χ2v) is 5.10. The number of cyclic esters (lactones) is 2. The third-order valence-corrected chi connectivity index (χ3v) is 3.03. The highest BCUT2D eigenvalue weighted by Gasteiger charge is 2.22. The third kappa shape index (κ3) is 6.16. The average molecular weight is 286 g/mol. The van der Waals surface area contributed by atoms with E-state index in [-0.39, 0.29) is 25.4 Å². The van der Waals surface area contributed by atoms with Gasteiger partial charge in [0.25, 0.3) is 0 Å². The molecule has 0 aromatic carbocycles. The fraction of sp³-hybridized carbons (Fsp3) is 0.714. The monoisotopic (exact) mass is 286 g/mol. The van der Waals surface area contributed by atoms with Gasteiger partial charge in [0.05, 0.1) is 12.2 Å². The van der Waals surface area contributed by atoms with E-state index in [9.17, 15) is 19.8 Å². The first kappa shape index (κ1) is 16.7. The molecule has 6 heteroatoms. The van der Waals surface area contributed by atoms with Gasteiger partial charge in [0, 0.05) is 25.3 Å². The van der Waals surface area contributed by atoms with E-state index in [2.05, 4.69) is 0 Å². The van der Waals surface area contributed by atoms with Gasteiger partial charge in [-0.15, -0.1) is 0 Å². The second-order valence-electron chi connectivity index (χ2n) is 5.10. The number of rotatable bonds is 0. The fourth-order valence-corrected chi connectivity index (χ4v) is 1.93. The minimum Gasteiger partial charge on any atom is -0.462 e. The van der Waals surface area contributed by atoms with Crippen LogP contribution in [0.15, 0.2) is 12.2 Å². The van der Waals surface area contributed by atoms with Gasteiger partial charge >= 0.3 is 11.9 Å². The maximum absolute atomic E-state index is 11.5. The Morgan fingerprint density at radius 1 is 1.10 bits per heavy atom. The molecular weight excluding hydrogens is 264 g/mol. The van der Waals surface area contributed by atoms with Crippen LogP contribution >= 0.6 is 0 Å². The highest BCUT2D eigenvalue weighted by atomic mass is 16.5. The predicted molar refractivity (Wildman–Crippen MR) is 70.7 cm³/mol. The van der Waals surface area contributed by atoms with Gasteiger partial charge in [0.15, 0.2) is 0 Å². The minimum absolute atomic E-state index is 0.0421. The Bertz CT molecular complexity index is 365. The number of esters is 2. The summed E-state index contributed by atoms with van der Waals surface area (Å²) < 4.78 is 10.2. The molecule has 0 aromatic heterocycles. The van der Waals surface area contributed by atoms with Gasteiger partial charge in [-0.25, -0.2) is 4.79 Å². The molecule has 6 nitrogen and oxygen atoms in total. The van der Waals surface area contributed by atoms with E-state index >= 15 is 0 Å². The summed E-state index contributed by atoms with van der Waals surface area (Å²) in [5, 5.41) is 19.5. The summed E-state index contributed by atoms with van der Waals surface area (Å²) in [7, 11) is 0. The molecule has 1 aliphatic rings. The van der Waals surface area contributed by atoms with Crippen LogP contribution in [-0.4, -0.2) is 46.6 Å². The molecule has 20 heavy (non-hydrogen) atoms. The Morgan fingerprint density at radius 3 is 2.50 bits per heavy atom. The molecule has 0 radical (unpaired) electrons. The lowest BCUT2D eigenvalue weighted by atomic mass is 10.0. The smallest absolute Gasteiger partial charge is 0.330 e. The molecule has 2 N–H and O–H groups in total. The number of aliphatic hydroxyl groups excluding tert-OH is 2. The van der Waals surface area contributed by atoms with Crippen LogP contribution < -0.4 is 0 Å². The van der Waals surface area contributed by atoms with Crippen LogP contribution in [0.5, 0.6) is 0 Å². The van der Waals surface area contributed by atoms with Crippen LogP contribution in [-0.2, 0) is 19.1 Å². The van der Waals surface area contributed by atoms with Gasteiger partial charge in [0.1, 0.15) is 12.2 Å². The second kappa shape index (κ2) is 8.01. The van der Waals surface area contributed by atoms with E-state index < -0.39 is 30.3 Å². The molecule has 4 atom stereocenters. The first-order valence-corrected chi connectivity index (χ1v) is 6.81. The summed E-state index contributed by atoms with van der Waals surface area (Å²) in [5.41, 5.74) is 0. The van der Waals surface area contributed by atoms with Crippen molar-refractivity contribution in [3.63, 3.8) is 0 Å². The van der Waals surface area contributed by atoms with Crippen LogP contribution in [0.4, 0.5) is 0 Å². The molecule has 0 amide bonds. The maximum Gasteiger partial charge on any atom is 0.330 e. The maximum atomic E-state index is 11.5. The molecule has 4 unspecified atom stereocenters. The van der Waals surface area contributed by atoms with E-state index in [0.717, 1.165) is 0 Å². The van der Waals surface area contributed by atoms with Crippen molar-refractivity contribution in [3.05, 3.63) is 12.2 Å². The molecule has 0 saturated heterocycles. The first-order chi connectivity index (χ1) is 9.38. The number of ether oxygens (including phenoxy) is 2. The molecular formula is C14H22O6. The predicted octanol–water partition coefficient (Wildman–Crippen LogP) is 0.702. The van der Waals surface area contributed by atoms with Crippen LogP contribution in [0.2, 0.25) is 0 Å². The summed E-state index contributed by atoms with van der Waals surface area (Å²) in [6.07, 6.45) is 0.598. The van der Waals surface area contributed by atoms with Crippen LogP contribution in [0.25, 0.3) is 0 Å². The molecule has 0 bridgehead atoms. The summed E-state index contributed by atoms with van der Waals surface area (Å²) in [5.74, 6) is -0.945. The van der Waals surface area contributed by atoms with Crippen molar-refractivity contribution in [1.29, 1.82) is 0 Å². The number of aliphatic hydroxyl groups is 2. The van der Waals surface area contributed by atoms with Gasteiger partial charge < -0.3 is 19.7 Å². The van der Waals surface area contributed by atoms with Crippen molar-refractivity contribution in [3.8, 4) is 0 Å². The zero-order valence-electron chi connectivity index (χ0n) is 11.8. The standard InChI is InChI=1S/C14H22O6/c1-9-4-3-5-13(17)20-10(2)8-12(16)11(15)6-7-14(18)19-9/h3,5,9-12,15-16H,4,6-8H2,1-2H3. The largest absolute Gasteiger partial charge is 0.462 e. The van der Waals surface area contributed by atoms with Gasteiger partial charge in [-0.05, 0) is 20.3 Å². The number of hydrogen-bond donors (Lipinski definition) is 2. The summed E-state index contributed by atoms with van der Waals surface area (Å²) in [6, 6.07) is 0. The quantitative estimate of drug-likeness (QED) is 0.637. The van der Waals surface area contributed by atoms with Crippen LogP contribution in [0, 0.1) is 0 Å². The van der Waals surface area contributed by atoms with Crippen LogP contribution in [0.1, 0.15) is 39.5 Å². The van der Waals surface area contributed by atoms with Gasteiger partial charge in [0.2, 0.25) is 0 Å². The van der Waals surface area contributed by atoms with Gasteiger partial charge in [-0.1, -0.05) is 6.08 Å². The first-order valence-electron chi connectivity index (χ1n) is 6.81. The Hall–Kier alpha value is -1.40. The Balaban J connectivity index is 2.70. The van der Waals surface area contributed by atoms with E-state index in [1.807, 2.05) is 0 Å². The van der Waals surface area contributed by atoms with E-state index in [4.69, 9.17) is 9.47 Å². The minimum atomic E-state index is -1.05. The lowest BCUT2D eigenvalue weighted by Crippen LogP contribution is -2.31. The number of carbonyl (C=O) groups is 2. The van der Waals surface area contributed by atoms with Crippen molar-refractivity contribution >= 4 is 11.9 Å². The van der Waals surface area contributed by atoms with Crippen molar-refractivity contribution in [2.75, 3.05) is 0 Å². The molecule has 1 aliphatic heterocycles. The van der Waals surface area contributed by atoms with Crippen molar-refractivity contribution in [1.82, 2.24) is 0 Å². The zero-order valence-corrected chi connectivity index (χ0v) is 11.8. The summed E-state index contributed by atoms with van der Waals surface area (Å²) in [6.45, 7) is 3.36. The summed E-state index contributed by atoms with van der Waals surface area (Å²) >= 11 is 0. The molecule has 0 fully saturated rings. The SMILES string of the molecule is CC1CC(O)C(O)CCC(=O)OC(C)CC=CC(=O)O1. The third-order valence-electron chi connectivity index (χ3n) is 3.03. The molecule has 0 aliphatic carbocycles. The van der Waals surface area contributed by atoms with Crippen molar-refractivity contribution < 1.29 is 29.3 Å². The molecule has 1 heterocycles. The number of hydrogen-bond acceptors (Lipinski definition) is 6. The Labute approximate surface area is 118 Å². The van der Waals surface area contributed by atoms with E-state index in [0.29, 0.717) is 6.42 Å². The number of carbonyl (C=O) groups excluding carboxylic acids is 2. The zero-order chi connectivity index (χ0) is 15.1. The molecule has 0 saturated carbocycles. The van der Waals surface area contributed by atoms with Crippen molar-refractivity contribution in [2.45, 2.75) is 63.9 Å². The van der Waals surface area contributed by atoms with E-state index in [1.54, 1.807) is 19.9 Å². The van der Waals surface area contributed by atoms with Crippen LogP contribution in [0.3, 0.4) is 0 Å².